The second-order valence-corrected chi connectivity index (χ2v) is 4.31. The van der Waals surface area contributed by atoms with E-state index in [2.05, 4.69) is 0 Å². The van der Waals surface area contributed by atoms with E-state index in [1.54, 1.807) is 27.4 Å². The number of hydrogen-bond donors (Lipinski definition) is 0. The van der Waals surface area contributed by atoms with Gasteiger partial charge in [-0.3, -0.25) is 0 Å². The highest BCUT2D eigenvalue weighted by molar-refractivity contribution is 6.18. The maximum atomic E-state index is 5.76. The minimum absolute atomic E-state index is 0.107. The number of ether oxygens (including phenoxy) is 5. The monoisotopic (exact) mass is 288 g/mol. The van der Waals surface area contributed by atoms with E-state index in [4.69, 9.17) is 35.3 Å². The van der Waals surface area contributed by atoms with Gasteiger partial charge in [-0.2, -0.15) is 0 Å². The van der Waals surface area contributed by atoms with Crippen LogP contribution < -0.4 is 14.2 Å². The van der Waals surface area contributed by atoms with Crippen molar-refractivity contribution in [3.63, 3.8) is 0 Å². The Morgan fingerprint density at radius 2 is 1.89 bits per heavy atom. The molecule has 6 heteroatoms. The molecule has 1 aromatic rings. The van der Waals surface area contributed by atoms with Crippen LogP contribution in [0.2, 0.25) is 0 Å². The van der Waals surface area contributed by atoms with Crippen LogP contribution >= 0.6 is 11.6 Å². The van der Waals surface area contributed by atoms with Crippen LogP contribution in [0.3, 0.4) is 0 Å². The van der Waals surface area contributed by atoms with E-state index in [-0.39, 0.29) is 6.10 Å². The van der Waals surface area contributed by atoms with Crippen LogP contribution in [0, 0.1) is 0 Å². The lowest BCUT2D eigenvalue weighted by Crippen LogP contribution is -2.11. The second kappa shape index (κ2) is 6.32. The van der Waals surface area contributed by atoms with Crippen molar-refractivity contribution in [1.82, 2.24) is 0 Å². The molecular formula is C13H17ClO5. The van der Waals surface area contributed by atoms with Gasteiger partial charge >= 0.3 is 0 Å². The van der Waals surface area contributed by atoms with Crippen LogP contribution in [0.1, 0.15) is 11.9 Å². The van der Waals surface area contributed by atoms with Crippen LogP contribution in [-0.2, 0) is 9.47 Å². The van der Waals surface area contributed by atoms with E-state index in [0.717, 1.165) is 5.56 Å². The van der Waals surface area contributed by atoms with E-state index in [9.17, 15) is 0 Å². The van der Waals surface area contributed by atoms with Crippen molar-refractivity contribution >= 4 is 11.6 Å². The summed E-state index contributed by atoms with van der Waals surface area (Å²) in [6, 6.07) is 3.62. The van der Waals surface area contributed by atoms with Gasteiger partial charge in [-0.15, -0.1) is 11.6 Å². The molecule has 2 unspecified atom stereocenters. The molecule has 1 aliphatic heterocycles. The minimum atomic E-state index is -0.501. The van der Waals surface area contributed by atoms with E-state index >= 15 is 0 Å². The molecule has 1 aliphatic rings. The predicted molar refractivity (Wildman–Crippen MR) is 70.4 cm³/mol. The molecule has 0 aromatic heterocycles. The van der Waals surface area contributed by atoms with Crippen LogP contribution in [-0.4, -0.2) is 39.9 Å². The maximum absolute atomic E-state index is 5.76. The van der Waals surface area contributed by atoms with Gasteiger partial charge in [0.05, 0.1) is 45.5 Å². The van der Waals surface area contributed by atoms with Crippen LogP contribution in [0.25, 0.3) is 0 Å². The summed E-state index contributed by atoms with van der Waals surface area (Å²) in [7, 11) is 4.69. The van der Waals surface area contributed by atoms with Gasteiger partial charge in [0.1, 0.15) is 0 Å². The molecule has 0 spiro atoms. The first-order valence-electron chi connectivity index (χ1n) is 5.87. The lowest BCUT2D eigenvalue weighted by atomic mass is 10.1. The summed E-state index contributed by atoms with van der Waals surface area (Å²) < 4.78 is 27.2. The van der Waals surface area contributed by atoms with Gasteiger partial charge in [0.15, 0.2) is 17.8 Å². The van der Waals surface area contributed by atoms with Crippen molar-refractivity contribution < 1.29 is 23.7 Å². The van der Waals surface area contributed by atoms with Gasteiger partial charge in [-0.25, -0.2) is 0 Å². The largest absolute Gasteiger partial charge is 0.493 e. The summed E-state index contributed by atoms with van der Waals surface area (Å²) in [6.07, 6.45) is -0.608. The zero-order chi connectivity index (χ0) is 13.8. The van der Waals surface area contributed by atoms with E-state index in [0.29, 0.717) is 29.7 Å². The quantitative estimate of drug-likeness (QED) is 0.779. The Morgan fingerprint density at radius 1 is 1.16 bits per heavy atom. The molecule has 0 radical (unpaired) electrons. The molecule has 5 nitrogen and oxygen atoms in total. The normalized spacial score (nSPS) is 22.3. The van der Waals surface area contributed by atoms with Crippen molar-refractivity contribution in [2.45, 2.75) is 12.4 Å². The SMILES string of the molecule is COc1ccc(C2OCC(CCl)O2)c(OC)c1OC. The summed E-state index contributed by atoms with van der Waals surface area (Å²) in [5, 5.41) is 0. The highest BCUT2D eigenvalue weighted by Crippen LogP contribution is 2.44. The average Bonchev–Trinajstić information content (AvgIpc) is 2.94. The number of alkyl halides is 1. The first-order chi connectivity index (χ1) is 9.24. The van der Waals surface area contributed by atoms with Gasteiger partial charge in [-0.05, 0) is 12.1 Å². The summed E-state index contributed by atoms with van der Waals surface area (Å²) in [4.78, 5) is 0. The molecule has 0 bridgehead atoms. The molecule has 1 heterocycles. The van der Waals surface area contributed by atoms with E-state index in [1.165, 1.54) is 0 Å². The van der Waals surface area contributed by atoms with Crippen molar-refractivity contribution in [2.24, 2.45) is 0 Å². The first-order valence-corrected chi connectivity index (χ1v) is 6.40. The fourth-order valence-electron chi connectivity index (χ4n) is 2.00. The Bertz CT molecular complexity index is 437. The molecule has 1 saturated heterocycles. The Labute approximate surface area is 117 Å². The highest BCUT2D eigenvalue weighted by Gasteiger charge is 2.31. The van der Waals surface area contributed by atoms with Crippen molar-refractivity contribution in [3.05, 3.63) is 17.7 Å². The Morgan fingerprint density at radius 3 is 2.42 bits per heavy atom. The molecule has 106 valence electrons. The molecular weight excluding hydrogens is 272 g/mol. The van der Waals surface area contributed by atoms with E-state index < -0.39 is 6.29 Å². The standard InChI is InChI=1S/C13H17ClO5/c1-15-10-5-4-9(11(16-2)12(10)17-3)13-18-7-8(6-14)19-13/h4-5,8,13H,6-7H2,1-3H3. The summed E-state index contributed by atoms with van der Waals surface area (Å²) in [5.41, 5.74) is 0.757. The third-order valence-corrected chi connectivity index (χ3v) is 3.25. The lowest BCUT2D eigenvalue weighted by molar-refractivity contribution is -0.0581. The number of rotatable bonds is 5. The molecule has 2 atom stereocenters. The lowest BCUT2D eigenvalue weighted by Gasteiger charge is -2.18. The van der Waals surface area contributed by atoms with Crippen LogP contribution in [0.5, 0.6) is 17.2 Å². The third-order valence-electron chi connectivity index (χ3n) is 2.91. The van der Waals surface area contributed by atoms with Crippen molar-refractivity contribution in [1.29, 1.82) is 0 Å². The van der Waals surface area contributed by atoms with Crippen LogP contribution in [0.15, 0.2) is 12.1 Å². The number of benzene rings is 1. The zero-order valence-electron chi connectivity index (χ0n) is 11.1. The summed E-state index contributed by atoms with van der Waals surface area (Å²) in [5.74, 6) is 2.05. The molecule has 0 amide bonds. The molecule has 0 saturated carbocycles. The molecule has 2 rings (SSSR count). The third kappa shape index (κ3) is 2.73. The Balaban J connectivity index is 2.35. The maximum Gasteiger partial charge on any atom is 0.203 e. The zero-order valence-corrected chi connectivity index (χ0v) is 11.9. The highest BCUT2D eigenvalue weighted by atomic mass is 35.5. The van der Waals surface area contributed by atoms with Gasteiger partial charge in [0, 0.05) is 0 Å². The van der Waals surface area contributed by atoms with Gasteiger partial charge in [0.25, 0.3) is 0 Å². The van der Waals surface area contributed by atoms with Crippen molar-refractivity contribution in [3.8, 4) is 17.2 Å². The molecule has 0 aliphatic carbocycles. The topological polar surface area (TPSA) is 46.2 Å². The summed E-state index contributed by atoms with van der Waals surface area (Å²) in [6.45, 7) is 0.464. The molecule has 1 aromatic carbocycles. The predicted octanol–water partition coefficient (Wildman–Crippen LogP) is 2.37. The van der Waals surface area contributed by atoms with Gasteiger partial charge in [-0.1, -0.05) is 0 Å². The van der Waals surface area contributed by atoms with Crippen molar-refractivity contribution in [2.75, 3.05) is 33.8 Å². The first kappa shape index (κ1) is 14.2. The number of hydrogen-bond acceptors (Lipinski definition) is 5. The fraction of sp³-hybridized carbons (Fsp3) is 0.538. The Hall–Kier alpha value is -1.17. The van der Waals surface area contributed by atoms with E-state index in [1.807, 2.05) is 6.07 Å². The smallest absolute Gasteiger partial charge is 0.203 e. The second-order valence-electron chi connectivity index (χ2n) is 4.00. The number of halogens is 1. The van der Waals surface area contributed by atoms with Gasteiger partial charge in [0.2, 0.25) is 5.75 Å². The molecule has 1 fully saturated rings. The molecule has 0 N–H and O–H groups in total. The van der Waals surface area contributed by atoms with Gasteiger partial charge < -0.3 is 23.7 Å². The minimum Gasteiger partial charge on any atom is -0.493 e. The Kier molecular flexibility index (Phi) is 4.74. The summed E-state index contributed by atoms with van der Waals surface area (Å²) >= 11 is 5.76. The molecule has 19 heavy (non-hydrogen) atoms. The van der Waals surface area contributed by atoms with Crippen LogP contribution in [0.4, 0.5) is 0 Å². The fourth-order valence-corrected chi connectivity index (χ4v) is 2.16. The average molecular weight is 289 g/mol. The number of methoxy groups -OCH3 is 3.